The maximum atomic E-state index is 12.3. The molecule has 1 aromatic heterocycles. The summed E-state index contributed by atoms with van der Waals surface area (Å²) in [6, 6.07) is 0. The van der Waals surface area contributed by atoms with Gasteiger partial charge in [0.2, 0.25) is 15.0 Å². The highest BCUT2D eigenvalue weighted by molar-refractivity contribution is 7.89. The van der Waals surface area contributed by atoms with E-state index in [1.54, 1.807) is 6.92 Å². The average Bonchev–Trinajstić information content (AvgIpc) is 3.02. The highest BCUT2D eigenvalue weighted by Crippen LogP contribution is 2.17. The Kier molecular flexibility index (Phi) is 5.63. The Morgan fingerprint density at radius 1 is 1.46 bits per heavy atom. The van der Waals surface area contributed by atoms with Crippen molar-refractivity contribution < 1.29 is 26.4 Å². The number of aryl methyl sites for hydroxylation is 1. The third-order valence-corrected chi connectivity index (χ3v) is 6.85. The van der Waals surface area contributed by atoms with Gasteiger partial charge in [0.15, 0.2) is 0 Å². The summed E-state index contributed by atoms with van der Waals surface area (Å²) in [4.78, 5) is 11.9. The van der Waals surface area contributed by atoms with Crippen molar-refractivity contribution in [2.45, 2.75) is 25.3 Å². The molecule has 1 aromatic rings. The molecular weight excluding hydrogens is 360 g/mol. The van der Waals surface area contributed by atoms with Crippen LogP contribution in [-0.2, 0) is 24.8 Å². The van der Waals surface area contributed by atoms with Gasteiger partial charge in [-0.25, -0.2) is 30.7 Å². The third-order valence-electron chi connectivity index (χ3n) is 3.50. The second-order valence-electron chi connectivity index (χ2n) is 5.22. The molecule has 0 radical (unpaired) electrons. The van der Waals surface area contributed by atoms with Crippen LogP contribution >= 0.6 is 0 Å². The van der Waals surface area contributed by atoms with Gasteiger partial charge in [-0.05, 0) is 20.3 Å². The molecule has 2 N–H and O–H groups in total. The van der Waals surface area contributed by atoms with Crippen LogP contribution in [0.5, 0.6) is 0 Å². The molecule has 0 atom stereocenters. The van der Waals surface area contributed by atoms with Crippen LogP contribution < -0.4 is 4.72 Å². The predicted octanol–water partition coefficient (Wildman–Crippen LogP) is -0.791. The van der Waals surface area contributed by atoms with E-state index in [0.29, 0.717) is 13.0 Å². The van der Waals surface area contributed by atoms with Crippen molar-refractivity contribution in [3.63, 3.8) is 0 Å². The molecule has 1 fully saturated rings. The number of esters is 1. The van der Waals surface area contributed by atoms with Crippen LogP contribution in [0.25, 0.3) is 0 Å². The van der Waals surface area contributed by atoms with E-state index >= 15 is 0 Å². The summed E-state index contributed by atoms with van der Waals surface area (Å²) in [6.45, 7) is 3.50. The Labute approximate surface area is 140 Å². The molecule has 12 heteroatoms. The van der Waals surface area contributed by atoms with E-state index in [1.807, 2.05) is 0 Å². The lowest BCUT2D eigenvalue weighted by Gasteiger charge is -2.14. The average molecular weight is 380 g/mol. The van der Waals surface area contributed by atoms with Crippen LogP contribution in [0.2, 0.25) is 0 Å². The first-order valence-electron chi connectivity index (χ1n) is 7.38. The van der Waals surface area contributed by atoms with Crippen LogP contribution in [0.3, 0.4) is 0 Å². The summed E-state index contributed by atoms with van der Waals surface area (Å²) < 4.78 is 56.4. The standard InChI is InChI=1S/C12H20N4O6S2/c1-3-22-12(17)10-9(2)14-15-11(10)24(20,21)13-5-7-16-6-4-8-23(16,18)19/h13H,3-8H2,1-2H3,(H,14,15). The first-order chi connectivity index (χ1) is 11.2. The molecule has 0 unspecified atom stereocenters. The third kappa shape index (κ3) is 3.94. The van der Waals surface area contributed by atoms with Gasteiger partial charge >= 0.3 is 5.97 Å². The van der Waals surface area contributed by atoms with E-state index in [2.05, 4.69) is 14.9 Å². The Morgan fingerprint density at radius 3 is 2.75 bits per heavy atom. The topological polar surface area (TPSA) is 139 Å². The van der Waals surface area contributed by atoms with E-state index in [9.17, 15) is 21.6 Å². The fraction of sp³-hybridized carbons (Fsp3) is 0.667. The van der Waals surface area contributed by atoms with E-state index in [-0.39, 0.29) is 36.7 Å². The van der Waals surface area contributed by atoms with Crippen LogP contribution in [0.4, 0.5) is 0 Å². The molecule has 0 amide bonds. The zero-order valence-electron chi connectivity index (χ0n) is 13.4. The molecule has 1 aliphatic heterocycles. The van der Waals surface area contributed by atoms with Gasteiger partial charge in [-0.15, -0.1) is 0 Å². The van der Waals surface area contributed by atoms with Gasteiger partial charge in [-0.2, -0.15) is 5.10 Å². The minimum absolute atomic E-state index is 0.0275. The van der Waals surface area contributed by atoms with Gasteiger partial charge in [0.25, 0.3) is 10.0 Å². The molecule has 24 heavy (non-hydrogen) atoms. The van der Waals surface area contributed by atoms with Crippen molar-refractivity contribution in [1.82, 2.24) is 19.2 Å². The lowest BCUT2D eigenvalue weighted by atomic mass is 10.3. The maximum Gasteiger partial charge on any atom is 0.343 e. The number of nitrogens with one attached hydrogen (secondary N) is 2. The Hall–Kier alpha value is -1.50. The van der Waals surface area contributed by atoms with E-state index in [4.69, 9.17) is 4.74 Å². The number of hydrogen-bond donors (Lipinski definition) is 2. The maximum absolute atomic E-state index is 12.3. The van der Waals surface area contributed by atoms with Gasteiger partial charge < -0.3 is 4.74 Å². The van der Waals surface area contributed by atoms with Crippen molar-refractivity contribution in [3.8, 4) is 0 Å². The number of carbonyl (C=O) groups excluding carboxylic acids is 1. The van der Waals surface area contributed by atoms with Gasteiger partial charge in [0.05, 0.1) is 12.4 Å². The number of H-pyrrole nitrogens is 1. The Balaban J connectivity index is 2.10. The van der Waals surface area contributed by atoms with Crippen molar-refractivity contribution in [2.24, 2.45) is 0 Å². The molecule has 0 spiro atoms. The first-order valence-corrected chi connectivity index (χ1v) is 10.5. The molecule has 2 rings (SSSR count). The number of hydrogen-bond acceptors (Lipinski definition) is 7. The summed E-state index contributed by atoms with van der Waals surface area (Å²) in [5.74, 6) is -0.711. The predicted molar refractivity (Wildman–Crippen MR) is 84.4 cm³/mol. The lowest BCUT2D eigenvalue weighted by Crippen LogP contribution is -2.36. The molecule has 10 nitrogen and oxygen atoms in total. The number of carbonyl (C=O) groups is 1. The molecule has 0 aliphatic carbocycles. The van der Waals surface area contributed by atoms with E-state index in [1.165, 1.54) is 11.2 Å². The first kappa shape index (κ1) is 18.8. The number of ether oxygens (including phenoxy) is 1. The monoisotopic (exact) mass is 380 g/mol. The molecule has 1 aliphatic rings. The highest BCUT2D eigenvalue weighted by atomic mass is 32.2. The van der Waals surface area contributed by atoms with Gasteiger partial charge in [0, 0.05) is 25.3 Å². The summed E-state index contributed by atoms with van der Waals surface area (Å²) in [7, 11) is -7.37. The van der Waals surface area contributed by atoms with Crippen molar-refractivity contribution in [1.29, 1.82) is 0 Å². The number of rotatable bonds is 7. The second-order valence-corrected chi connectivity index (χ2v) is 8.99. The number of nitrogens with zero attached hydrogens (tertiary/aromatic N) is 2. The number of aromatic nitrogens is 2. The number of aromatic amines is 1. The lowest BCUT2D eigenvalue weighted by molar-refractivity contribution is 0.0521. The molecule has 0 saturated carbocycles. The molecular formula is C12H20N4O6S2. The van der Waals surface area contributed by atoms with Crippen LogP contribution in [0, 0.1) is 6.92 Å². The van der Waals surface area contributed by atoms with E-state index in [0.717, 1.165) is 0 Å². The second kappa shape index (κ2) is 7.17. The van der Waals surface area contributed by atoms with Crippen LogP contribution in [0.15, 0.2) is 5.03 Å². The molecule has 1 saturated heterocycles. The zero-order valence-corrected chi connectivity index (χ0v) is 15.0. The SMILES string of the molecule is CCOC(=O)c1c(S(=O)(=O)NCCN2CCCS2(=O)=O)n[nH]c1C. The fourth-order valence-electron chi connectivity index (χ4n) is 2.36. The van der Waals surface area contributed by atoms with Gasteiger partial charge in [0.1, 0.15) is 5.56 Å². The largest absolute Gasteiger partial charge is 0.462 e. The Bertz CT molecular complexity index is 815. The minimum Gasteiger partial charge on any atom is -0.462 e. The van der Waals surface area contributed by atoms with E-state index < -0.39 is 31.0 Å². The van der Waals surface area contributed by atoms with Gasteiger partial charge in [-0.3, -0.25) is 5.10 Å². The highest BCUT2D eigenvalue weighted by Gasteiger charge is 2.31. The van der Waals surface area contributed by atoms with Crippen molar-refractivity contribution in [3.05, 3.63) is 11.3 Å². The van der Waals surface area contributed by atoms with Crippen LogP contribution in [0.1, 0.15) is 29.4 Å². The van der Waals surface area contributed by atoms with Crippen LogP contribution in [-0.4, -0.2) is 69.3 Å². The van der Waals surface area contributed by atoms with Gasteiger partial charge in [-0.1, -0.05) is 0 Å². The quantitative estimate of drug-likeness (QED) is 0.591. The molecule has 0 aromatic carbocycles. The number of sulfonamides is 2. The minimum atomic E-state index is -4.08. The van der Waals surface area contributed by atoms with Crippen molar-refractivity contribution in [2.75, 3.05) is 32.0 Å². The summed E-state index contributed by atoms with van der Waals surface area (Å²) in [5, 5.41) is 5.66. The molecule has 136 valence electrons. The summed E-state index contributed by atoms with van der Waals surface area (Å²) in [5.41, 5.74) is 0.120. The fourth-order valence-corrected chi connectivity index (χ4v) is 5.06. The normalized spacial score (nSPS) is 17.9. The van der Waals surface area contributed by atoms with Crippen molar-refractivity contribution >= 4 is 26.0 Å². The summed E-state index contributed by atoms with van der Waals surface area (Å²) >= 11 is 0. The summed E-state index contributed by atoms with van der Waals surface area (Å²) in [6.07, 6.45) is 0.528. The Morgan fingerprint density at radius 2 is 2.17 bits per heavy atom. The molecule has 0 bridgehead atoms. The molecule has 2 heterocycles. The smallest absolute Gasteiger partial charge is 0.343 e. The zero-order chi connectivity index (χ0) is 18.0.